The molecule has 1 aromatic heterocycles. The van der Waals surface area contributed by atoms with Crippen molar-refractivity contribution >= 4 is 23.2 Å². The van der Waals surface area contributed by atoms with Crippen LogP contribution in [0, 0.1) is 5.92 Å². The highest BCUT2D eigenvalue weighted by atomic mass is 16.5. The lowest BCUT2D eigenvalue weighted by molar-refractivity contribution is -0.116. The van der Waals surface area contributed by atoms with Crippen LogP contribution in [-0.4, -0.2) is 37.0 Å². The minimum absolute atomic E-state index is 0.00673. The van der Waals surface area contributed by atoms with Crippen LogP contribution in [0.4, 0.5) is 11.4 Å². The summed E-state index contributed by atoms with van der Waals surface area (Å²) >= 11 is 0. The third-order valence-corrected chi connectivity index (χ3v) is 4.90. The lowest BCUT2D eigenvalue weighted by Crippen LogP contribution is -2.28. The maximum Gasteiger partial charge on any atom is 0.257 e. The molecule has 2 aromatic rings. The molecule has 1 fully saturated rings. The number of methoxy groups -OCH3 is 1. The number of hydrogen-bond acceptors (Lipinski definition) is 5. The molecule has 1 aliphatic rings. The zero-order valence-corrected chi connectivity index (χ0v) is 16.0. The fraction of sp³-hybridized carbons (Fsp3) is 0.381. The molecule has 0 spiro atoms. The van der Waals surface area contributed by atoms with Crippen LogP contribution >= 0.6 is 0 Å². The van der Waals surface area contributed by atoms with Crippen LogP contribution in [0.2, 0.25) is 0 Å². The van der Waals surface area contributed by atoms with Gasteiger partial charge in [-0.25, -0.2) is 0 Å². The molecule has 0 saturated carbocycles. The van der Waals surface area contributed by atoms with E-state index in [4.69, 9.17) is 4.74 Å². The zero-order valence-electron chi connectivity index (χ0n) is 16.0. The first-order chi connectivity index (χ1) is 13.7. The first kappa shape index (κ1) is 19.8. The number of aromatic nitrogens is 1. The minimum Gasteiger partial charge on any atom is -0.494 e. The van der Waals surface area contributed by atoms with Crippen LogP contribution < -0.4 is 20.7 Å². The maximum atomic E-state index is 12.3. The van der Waals surface area contributed by atoms with E-state index in [1.54, 1.807) is 36.5 Å². The summed E-state index contributed by atoms with van der Waals surface area (Å²) in [6, 6.07) is 8.57. The van der Waals surface area contributed by atoms with Crippen LogP contribution in [0.25, 0.3) is 0 Å². The van der Waals surface area contributed by atoms with Crippen molar-refractivity contribution in [3.8, 4) is 5.75 Å². The van der Waals surface area contributed by atoms with Crippen LogP contribution in [-0.2, 0) is 4.79 Å². The first-order valence-corrected chi connectivity index (χ1v) is 9.55. The predicted octanol–water partition coefficient (Wildman–Crippen LogP) is 3.06. The zero-order chi connectivity index (χ0) is 19.8. The molecular formula is C21H26N4O3. The highest BCUT2D eigenvalue weighted by Crippen LogP contribution is 2.28. The van der Waals surface area contributed by atoms with Gasteiger partial charge < -0.3 is 20.7 Å². The van der Waals surface area contributed by atoms with Gasteiger partial charge in [0.15, 0.2) is 0 Å². The van der Waals surface area contributed by atoms with Gasteiger partial charge in [-0.2, -0.15) is 0 Å². The number of ether oxygens (including phenoxy) is 1. The molecule has 0 aliphatic carbocycles. The Morgan fingerprint density at radius 2 is 2.04 bits per heavy atom. The van der Waals surface area contributed by atoms with E-state index in [0.717, 1.165) is 32.4 Å². The number of nitrogens with zero attached hydrogens (tertiary/aromatic N) is 1. The van der Waals surface area contributed by atoms with E-state index >= 15 is 0 Å². The molecule has 28 heavy (non-hydrogen) atoms. The quantitative estimate of drug-likeness (QED) is 0.684. The third-order valence-electron chi connectivity index (χ3n) is 4.90. The summed E-state index contributed by atoms with van der Waals surface area (Å²) in [5, 5.41) is 9.05. The second-order valence-corrected chi connectivity index (χ2v) is 6.89. The molecule has 1 aliphatic heterocycles. The molecule has 0 radical (unpaired) electrons. The molecule has 2 amide bonds. The van der Waals surface area contributed by atoms with Gasteiger partial charge in [0.25, 0.3) is 5.91 Å². The molecule has 0 unspecified atom stereocenters. The number of amides is 2. The van der Waals surface area contributed by atoms with Crippen LogP contribution in [0.3, 0.4) is 0 Å². The molecule has 7 heteroatoms. The smallest absolute Gasteiger partial charge is 0.257 e. The minimum atomic E-state index is -0.273. The van der Waals surface area contributed by atoms with E-state index in [1.165, 1.54) is 13.3 Å². The van der Waals surface area contributed by atoms with Gasteiger partial charge in [0.2, 0.25) is 5.91 Å². The number of benzene rings is 1. The van der Waals surface area contributed by atoms with Crippen LogP contribution in [0.15, 0.2) is 42.7 Å². The lowest BCUT2D eigenvalue weighted by Gasteiger charge is -2.22. The van der Waals surface area contributed by atoms with Crippen LogP contribution in [0.5, 0.6) is 5.75 Å². The molecule has 0 atom stereocenters. The number of piperidine rings is 1. The monoisotopic (exact) mass is 382 g/mol. The molecule has 1 saturated heterocycles. The van der Waals surface area contributed by atoms with E-state index in [0.29, 0.717) is 35.0 Å². The summed E-state index contributed by atoms with van der Waals surface area (Å²) in [5.41, 5.74) is 1.63. The number of carbonyl (C=O) groups excluding carboxylic acids is 2. The van der Waals surface area contributed by atoms with E-state index in [1.807, 2.05) is 0 Å². The topological polar surface area (TPSA) is 92.4 Å². The van der Waals surface area contributed by atoms with Crippen molar-refractivity contribution in [2.24, 2.45) is 5.92 Å². The second-order valence-electron chi connectivity index (χ2n) is 6.89. The summed E-state index contributed by atoms with van der Waals surface area (Å²) in [4.78, 5) is 28.5. The Bertz CT molecular complexity index is 805. The fourth-order valence-corrected chi connectivity index (χ4v) is 3.29. The van der Waals surface area contributed by atoms with Gasteiger partial charge in [-0.15, -0.1) is 0 Å². The average Bonchev–Trinajstić information content (AvgIpc) is 2.74. The molecule has 3 rings (SSSR count). The van der Waals surface area contributed by atoms with E-state index in [2.05, 4.69) is 20.9 Å². The Hall–Kier alpha value is -2.93. The Kier molecular flexibility index (Phi) is 6.97. The van der Waals surface area contributed by atoms with Crippen molar-refractivity contribution < 1.29 is 14.3 Å². The van der Waals surface area contributed by atoms with E-state index < -0.39 is 0 Å². The standard InChI is InChI=1S/C21H26N4O3/c1-28-19-13-17(24-20(26)7-4-15-8-11-22-12-9-15)5-6-18(19)25-21(27)16-3-2-10-23-14-16/h2-3,5-6,10,13-15,22H,4,7-9,11-12H2,1H3,(H,24,26)(H,25,27). The largest absolute Gasteiger partial charge is 0.494 e. The van der Waals surface area contributed by atoms with Crippen molar-refractivity contribution in [1.29, 1.82) is 0 Å². The summed E-state index contributed by atoms with van der Waals surface area (Å²) in [6.45, 7) is 2.07. The highest BCUT2D eigenvalue weighted by molar-refractivity contribution is 6.05. The molecule has 0 bridgehead atoms. The number of nitrogens with one attached hydrogen (secondary N) is 3. The van der Waals surface area contributed by atoms with Crippen molar-refractivity contribution in [3.63, 3.8) is 0 Å². The van der Waals surface area contributed by atoms with Gasteiger partial charge in [-0.1, -0.05) is 0 Å². The maximum absolute atomic E-state index is 12.3. The van der Waals surface area contributed by atoms with Gasteiger partial charge in [-0.3, -0.25) is 14.6 Å². The molecule has 3 N–H and O–H groups in total. The van der Waals surface area contributed by atoms with Crippen molar-refractivity contribution in [2.45, 2.75) is 25.7 Å². The SMILES string of the molecule is COc1cc(NC(=O)CCC2CCNCC2)ccc1NC(=O)c1cccnc1. The lowest BCUT2D eigenvalue weighted by atomic mass is 9.93. The summed E-state index contributed by atoms with van der Waals surface area (Å²) in [7, 11) is 1.53. The third kappa shape index (κ3) is 5.53. The predicted molar refractivity (Wildman–Crippen MR) is 109 cm³/mol. The highest BCUT2D eigenvalue weighted by Gasteiger charge is 2.15. The summed E-state index contributed by atoms with van der Waals surface area (Å²) in [5.74, 6) is 0.817. The summed E-state index contributed by atoms with van der Waals surface area (Å²) < 4.78 is 5.37. The number of rotatable bonds is 7. The molecule has 7 nitrogen and oxygen atoms in total. The fourth-order valence-electron chi connectivity index (χ4n) is 3.29. The van der Waals surface area contributed by atoms with Gasteiger partial charge >= 0.3 is 0 Å². The Morgan fingerprint density at radius 3 is 2.75 bits per heavy atom. The van der Waals surface area contributed by atoms with Gasteiger partial charge in [0.1, 0.15) is 5.75 Å². The Labute approximate surface area is 164 Å². The average molecular weight is 382 g/mol. The van der Waals surface area contributed by atoms with Crippen molar-refractivity contribution in [3.05, 3.63) is 48.3 Å². The Morgan fingerprint density at radius 1 is 1.21 bits per heavy atom. The van der Waals surface area contributed by atoms with Gasteiger partial charge in [0.05, 0.1) is 18.4 Å². The first-order valence-electron chi connectivity index (χ1n) is 9.55. The number of pyridine rings is 1. The normalized spacial score (nSPS) is 14.3. The van der Waals surface area contributed by atoms with E-state index in [-0.39, 0.29) is 11.8 Å². The van der Waals surface area contributed by atoms with Crippen molar-refractivity contribution in [1.82, 2.24) is 10.3 Å². The molecule has 2 heterocycles. The summed E-state index contributed by atoms with van der Waals surface area (Å²) in [6.07, 6.45) is 6.79. The molecule has 1 aromatic carbocycles. The van der Waals surface area contributed by atoms with Gasteiger partial charge in [-0.05, 0) is 62.5 Å². The second kappa shape index (κ2) is 9.85. The Balaban J connectivity index is 1.57. The van der Waals surface area contributed by atoms with Crippen molar-refractivity contribution in [2.75, 3.05) is 30.8 Å². The molecular weight excluding hydrogens is 356 g/mol. The van der Waals surface area contributed by atoms with Gasteiger partial charge in [0, 0.05) is 30.6 Å². The number of hydrogen-bond donors (Lipinski definition) is 3. The molecule has 148 valence electrons. The van der Waals surface area contributed by atoms with E-state index in [9.17, 15) is 9.59 Å². The number of anilines is 2. The number of carbonyl (C=O) groups is 2. The van der Waals surface area contributed by atoms with Crippen LogP contribution in [0.1, 0.15) is 36.0 Å².